The van der Waals surface area contributed by atoms with Crippen molar-refractivity contribution in [3.8, 4) is 0 Å². The molecule has 8 heteroatoms. The third-order valence-electron chi connectivity index (χ3n) is 3.01. The monoisotopic (exact) mass is 319 g/mol. The maximum absolute atomic E-state index is 12.1. The predicted molar refractivity (Wildman–Crippen MR) is 85.0 cm³/mol. The lowest BCUT2D eigenvalue weighted by molar-refractivity contribution is 0.0848. The van der Waals surface area contributed by atoms with E-state index in [-0.39, 0.29) is 5.91 Å². The SMILES string of the molecule is CCc1nnsc1C(=O)NNC(=O)c1cccc(N(C)C)c1. The number of carbonyl (C=O) groups is 2. The van der Waals surface area contributed by atoms with Gasteiger partial charge in [-0.25, -0.2) is 0 Å². The molecule has 0 unspecified atom stereocenters. The predicted octanol–water partition coefficient (Wildman–Crippen LogP) is 1.24. The average molecular weight is 319 g/mol. The molecule has 0 radical (unpaired) electrons. The number of nitrogens with one attached hydrogen (secondary N) is 2. The van der Waals surface area contributed by atoms with Crippen LogP contribution in [0.4, 0.5) is 5.69 Å². The van der Waals surface area contributed by atoms with E-state index in [1.807, 2.05) is 32.0 Å². The van der Waals surface area contributed by atoms with Gasteiger partial charge >= 0.3 is 0 Å². The molecule has 0 aliphatic carbocycles. The molecule has 0 fully saturated rings. The minimum Gasteiger partial charge on any atom is -0.378 e. The van der Waals surface area contributed by atoms with Gasteiger partial charge in [-0.15, -0.1) is 5.10 Å². The van der Waals surface area contributed by atoms with E-state index in [1.165, 1.54) is 0 Å². The van der Waals surface area contributed by atoms with Gasteiger partial charge in [0.05, 0.1) is 5.69 Å². The Morgan fingerprint density at radius 1 is 1.23 bits per heavy atom. The van der Waals surface area contributed by atoms with Crippen molar-refractivity contribution in [1.29, 1.82) is 0 Å². The molecule has 0 spiro atoms. The smallest absolute Gasteiger partial charge is 0.283 e. The third kappa shape index (κ3) is 3.59. The molecule has 0 aliphatic rings. The van der Waals surface area contributed by atoms with Gasteiger partial charge in [0.15, 0.2) is 0 Å². The molecule has 0 saturated heterocycles. The number of aryl methyl sites for hydroxylation is 1. The van der Waals surface area contributed by atoms with Crippen molar-refractivity contribution in [1.82, 2.24) is 20.4 Å². The molecule has 7 nitrogen and oxygen atoms in total. The fourth-order valence-corrected chi connectivity index (χ4v) is 2.43. The van der Waals surface area contributed by atoms with E-state index in [0.29, 0.717) is 22.6 Å². The number of hydrogen-bond acceptors (Lipinski definition) is 6. The Hall–Kier alpha value is -2.48. The molecule has 1 aromatic heterocycles. The van der Waals surface area contributed by atoms with Crippen LogP contribution in [0.2, 0.25) is 0 Å². The highest BCUT2D eigenvalue weighted by Gasteiger charge is 2.16. The van der Waals surface area contributed by atoms with Crippen LogP contribution in [-0.2, 0) is 6.42 Å². The van der Waals surface area contributed by atoms with Gasteiger partial charge in [0.1, 0.15) is 4.88 Å². The van der Waals surface area contributed by atoms with Crippen LogP contribution in [-0.4, -0.2) is 35.5 Å². The summed E-state index contributed by atoms with van der Waals surface area (Å²) in [5.74, 6) is -0.795. The zero-order valence-corrected chi connectivity index (χ0v) is 13.4. The van der Waals surface area contributed by atoms with Crippen molar-refractivity contribution >= 4 is 29.0 Å². The lowest BCUT2D eigenvalue weighted by Gasteiger charge is -2.13. The minimum absolute atomic E-state index is 0.382. The number of hydrazine groups is 1. The van der Waals surface area contributed by atoms with Crippen LogP contribution in [0, 0.1) is 0 Å². The van der Waals surface area contributed by atoms with E-state index >= 15 is 0 Å². The van der Waals surface area contributed by atoms with Crippen molar-refractivity contribution in [2.24, 2.45) is 0 Å². The second-order valence-corrected chi connectivity index (χ2v) is 5.51. The van der Waals surface area contributed by atoms with Crippen molar-refractivity contribution < 1.29 is 9.59 Å². The summed E-state index contributed by atoms with van der Waals surface area (Å²) >= 11 is 1.00. The first kappa shape index (κ1) is 15.9. The van der Waals surface area contributed by atoms with Crippen molar-refractivity contribution in [2.75, 3.05) is 19.0 Å². The second kappa shape index (κ2) is 6.99. The zero-order valence-electron chi connectivity index (χ0n) is 12.6. The third-order valence-corrected chi connectivity index (χ3v) is 3.78. The quantitative estimate of drug-likeness (QED) is 0.828. The number of aromatic nitrogens is 2. The number of nitrogens with zero attached hydrogens (tertiary/aromatic N) is 3. The summed E-state index contributed by atoms with van der Waals surface area (Å²) in [6.45, 7) is 1.89. The molecule has 2 rings (SSSR count). The number of benzene rings is 1. The standard InChI is InChI=1S/C14H17N5O2S/c1-4-11-12(22-18-15-11)14(21)17-16-13(20)9-6-5-7-10(8-9)19(2)3/h5-8H,4H2,1-3H3,(H,16,20)(H,17,21). The van der Waals surface area contributed by atoms with Crippen LogP contribution in [0.5, 0.6) is 0 Å². The summed E-state index contributed by atoms with van der Waals surface area (Å²) in [7, 11) is 3.78. The van der Waals surface area contributed by atoms with Gasteiger partial charge in [0, 0.05) is 25.3 Å². The normalized spacial score (nSPS) is 10.1. The van der Waals surface area contributed by atoms with Crippen LogP contribution >= 0.6 is 11.5 Å². The minimum atomic E-state index is -0.413. The van der Waals surface area contributed by atoms with Crippen LogP contribution in [0.15, 0.2) is 24.3 Å². The Kier molecular flexibility index (Phi) is 5.05. The molecule has 0 atom stereocenters. The Labute approximate surface area is 132 Å². The zero-order chi connectivity index (χ0) is 16.1. The van der Waals surface area contributed by atoms with Gasteiger partial charge < -0.3 is 4.90 Å². The van der Waals surface area contributed by atoms with Crippen LogP contribution in [0.1, 0.15) is 32.6 Å². The highest BCUT2D eigenvalue weighted by atomic mass is 32.1. The fourth-order valence-electron chi connectivity index (χ4n) is 1.78. The molecule has 1 aromatic carbocycles. The molecular weight excluding hydrogens is 302 g/mol. The summed E-state index contributed by atoms with van der Waals surface area (Å²) in [6, 6.07) is 7.10. The molecule has 22 heavy (non-hydrogen) atoms. The van der Waals surface area contributed by atoms with Crippen molar-refractivity contribution in [3.05, 3.63) is 40.4 Å². The molecule has 2 aromatic rings. The molecule has 2 amide bonds. The van der Waals surface area contributed by atoms with Gasteiger partial charge in [-0.1, -0.05) is 17.5 Å². The molecular formula is C14H17N5O2S. The fraction of sp³-hybridized carbons (Fsp3) is 0.286. The van der Waals surface area contributed by atoms with Gasteiger partial charge in [-0.3, -0.25) is 20.4 Å². The lowest BCUT2D eigenvalue weighted by atomic mass is 10.2. The molecule has 1 heterocycles. The number of hydrogen-bond donors (Lipinski definition) is 2. The molecule has 0 aliphatic heterocycles. The van der Waals surface area contributed by atoms with Crippen LogP contribution < -0.4 is 15.8 Å². The lowest BCUT2D eigenvalue weighted by Crippen LogP contribution is -2.41. The summed E-state index contributed by atoms with van der Waals surface area (Å²) in [4.78, 5) is 26.4. The van der Waals surface area contributed by atoms with Gasteiger partial charge in [-0.2, -0.15) is 0 Å². The average Bonchev–Trinajstić information content (AvgIpc) is 3.01. The van der Waals surface area contributed by atoms with Crippen molar-refractivity contribution in [3.63, 3.8) is 0 Å². The largest absolute Gasteiger partial charge is 0.378 e. The highest BCUT2D eigenvalue weighted by Crippen LogP contribution is 2.13. The number of amides is 2. The first-order valence-electron chi connectivity index (χ1n) is 6.72. The summed E-state index contributed by atoms with van der Waals surface area (Å²) in [5, 5.41) is 3.86. The second-order valence-electron chi connectivity index (χ2n) is 4.76. The Balaban J connectivity index is 2.01. The molecule has 2 N–H and O–H groups in total. The maximum Gasteiger partial charge on any atom is 0.283 e. The van der Waals surface area contributed by atoms with Gasteiger partial charge in [0.2, 0.25) is 0 Å². The number of anilines is 1. The van der Waals surface area contributed by atoms with E-state index in [1.54, 1.807) is 18.2 Å². The highest BCUT2D eigenvalue weighted by molar-refractivity contribution is 7.08. The van der Waals surface area contributed by atoms with Crippen molar-refractivity contribution in [2.45, 2.75) is 13.3 Å². The molecule has 0 bridgehead atoms. The number of carbonyl (C=O) groups excluding carboxylic acids is 2. The van der Waals surface area contributed by atoms with E-state index < -0.39 is 5.91 Å². The summed E-state index contributed by atoms with van der Waals surface area (Å²) < 4.78 is 3.74. The molecule has 0 saturated carbocycles. The van der Waals surface area contributed by atoms with E-state index in [0.717, 1.165) is 17.2 Å². The van der Waals surface area contributed by atoms with Gasteiger partial charge in [0.25, 0.3) is 11.8 Å². The topological polar surface area (TPSA) is 87.2 Å². The molecule has 116 valence electrons. The maximum atomic E-state index is 12.1. The Bertz CT molecular complexity index is 683. The van der Waals surface area contributed by atoms with Gasteiger partial charge in [-0.05, 0) is 36.2 Å². The first-order valence-corrected chi connectivity index (χ1v) is 7.49. The number of rotatable bonds is 4. The first-order chi connectivity index (χ1) is 10.5. The van der Waals surface area contributed by atoms with Crippen LogP contribution in [0.3, 0.4) is 0 Å². The van der Waals surface area contributed by atoms with E-state index in [9.17, 15) is 9.59 Å². The van der Waals surface area contributed by atoms with E-state index in [2.05, 4.69) is 20.4 Å². The van der Waals surface area contributed by atoms with E-state index in [4.69, 9.17) is 0 Å². The summed E-state index contributed by atoms with van der Waals surface area (Å²) in [6.07, 6.45) is 0.609. The Morgan fingerprint density at radius 2 is 1.95 bits per heavy atom. The summed E-state index contributed by atoms with van der Waals surface area (Å²) in [5.41, 5.74) is 6.77. The Morgan fingerprint density at radius 3 is 2.64 bits per heavy atom. The van der Waals surface area contributed by atoms with Crippen LogP contribution in [0.25, 0.3) is 0 Å².